The molecule has 1 aromatic heterocycles. The first-order valence-electron chi connectivity index (χ1n) is 7.47. The summed E-state index contributed by atoms with van der Waals surface area (Å²) in [4.78, 5) is 0. The number of hydrogen-bond acceptors (Lipinski definition) is 5. The standard InChI is InChI=1S/C18H14BrN3O2/c19-14-3-6-16-12(9-14)8-13(10-23-16)18-22-21-17(24-18)7-11-1-4-15(20)5-2-11/h1-6,8-9H,7,10,20H2. The molecule has 0 radical (unpaired) electrons. The molecule has 5 nitrogen and oxygen atoms in total. The van der Waals surface area contributed by atoms with E-state index in [2.05, 4.69) is 26.1 Å². The van der Waals surface area contributed by atoms with E-state index in [0.29, 0.717) is 24.8 Å². The maximum atomic E-state index is 5.79. The smallest absolute Gasteiger partial charge is 0.247 e. The van der Waals surface area contributed by atoms with Crippen LogP contribution in [-0.4, -0.2) is 16.8 Å². The van der Waals surface area contributed by atoms with Gasteiger partial charge in [0.1, 0.15) is 12.4 Å². The predicted octanol–water partition coefficient (Wildman–Crippen LogP) is 3.94. The Hall–Kier alpha value is -2.60. The molecule has 0 amide bonds. The lowest BCUT2D eigenvalue weighted by Crippen LogP contribution is -2.06. The summed E-state index contributed by atoms with van der Waals surface area (Å²) in [5.74, 6) is 1.91. The second kappa shape index (κ2) is 6.13. The number of rotatable bonds is 3. The number of halogens is 1. The molecule has 120 valence electrons. The maximum Gasteiger partial charge on any atom is 0.247 e. The molecule has 0 atom stereocenters. The lowest BCUT2D eigenvalue weighted by molar-refractivity contribution is 0.359. The van der Waals surface area contributed by atoms with Gasteiger partial charge in [-0.2, -0.15) is 0 Å². The Kier molecular flexibility index (Phi) is 3.82. The van der Waals surface area contributed by atoms with E-state index in [9.17, 15) is 0 Å². The summed E-state index contributed by atoms with van der Waals surface area (Å²) in [5.41, 5.74) is 9.36. The molecule has 24 heavy (non-hydrogen) atoms. The van der Waals surface area contributed by atoms with Crippen LogP contribution in [0.4, 0.5) is 5.69 Å². The van der Waals surface area contributed by atoms with Gasteiger partial charge in [0.15, 0.2) is 0 Å². The van der Waals surface area contributed by atoms with E-state index in [1.807, 2.05) is 48.5 Å². The van der Waals surface area contributed by atoms with Gasteiger partial charge in [-0.3, -0.25) is 0 Å². The van der Waals surface area contributed by atoms with Gasteiger partial charge in [0.25, 0.3) is 0 Å². The molecule has 0 fully saturated rings. The molecule has 0 saturated carbocycles. The maximum absolute atomic E-state index is 5.79. The summed E-state index contributed by atoms with van der Waals surface area (Å²) in [6, 6.07) is 13.5. The van der Waals surface area contributed by atoms with Crippen LogP contribution in [0.15, 0.2) is 51.4 Å². The topological polar surface area (TPSA) is 74.2 Å². The number of nitrogens with zero attached hydrogens (tertiary/aromatic N) is 2. The summed E-state index contributed by atoms with van der Waals surface area (Å²) in [6.45, 7) is 0.415. The molecule has 3 aromatic rings. The molecule has 2 aromatic carbocycles. The number of fused-ring (bicyclic) bond motifs is 1. The third-order valence-corrected chi connectivity index (χ3v) is 4.25. The minimum atomic E-state index is 0.415. The number of benzene rings is 2. The van der Waals surface area contributed by atoms with Gasteiger partial charge in [0.2, 0.25) is 11.8 Å². The molecule has 0 spiro atoms. The van der Waals surface area contributed by atoms with Crippen LogP contribution in [0, 0.1) is 0 Å². The minimum Gasteiger partial charge on any atom is -0.488 e. The van der Waals surface area contributed by atoms with Crippen LogP contribution in [0.1, 0.15) is 22.9 Å². The molecule has 0 unspecified atom stereocenters. The SMILES string of the molecule is Nc1ccc(Cc2nnc(C3=Cc4cc(Br)ccc4OC3)o2)cc1. The number of hydrogen-bond donors (Lipinski definition) is 1. The highest BCUT2D eigenvalue weighted by Gasteiger charge is 2.18. The van der Waals surface area contributed by atoms with Gasteiger partial charge in [-0.25, -0.2) is 0 Å². The molecule has 1 aliphatic heterocycles. The zero-order valence-electron chi connectivity index (χ0n) is 12.7. The van der Waals surface area contributed by atoms with Gasteiger partial charge in [0.05, 0.1) is 12.0 Å². The van der Waals surface area contributed by atoms with Crippen LogP contribution < -0.4 is 10.5 Å². The normalized spacial score (nSPS) is 13.1. The van der Waals surface area contributed by atoms with Crippen LogP contribution >= 0.6 is 15.9 Å². The largest absolute Gasteiger partial charge is 0.488 e. The van der Waals surface area contributed by atoms with Gasteiger partial charge < -0.3 is 14.9 Å². The molecular weight excluding hydrogens is 370 g/mol. The van der Waals surface area contributed by atoms with Crippen molar-refractivity contribution in [2.75, 3.05) is 12.3 Å². The summed E-state index contributed by atoms with van der Waals surface area (Å²) >= 11 is 3.47. The van der Waals surface area contributed by atoms with Crippen molar-refractivity contribution in [3.8, 4) is 5.75 Å². The molecule has 6 heteroatoms. The number of anilines is 1. The van der Waals surface area contributed by atoms with E-state index in [-0.39, 0.29) is 0 Å². The molecule has 2 heterocycles. The average Bonchev–Trinajstić information content (AvgIpc) is 3.05. The monoisotopic (exact) mass is 383 g/mol. The Morgan fingerprint density at radius 3 is 2.75 bits per heavy atom. The first-order chi connectivity index (χ1) is 11.7. The van der Waals surface area contributed by atoms with E-state index >= 15 is 0 Å². The van der Waals surface area contributed by atoms with Crippen molar-refractivity contribution >= 4 is 33.3 Å². The summed E-state index contributed by atoms with van der Waals surface area (Å²) in [7, 11) is 0. The lowest BCUT2D eigenvalue weighted by Gasteiger charge is -2.16. The second-order valence-corrected chi connectivity index (χ2v) is 6.48. The highest BCUT2D eigenvalue weighted by Crippen LogP contribution is 2.32. The minimum absolute atomic E-state index is 0.415. The van der Waals surface area contributed by atoms with Crippen LogP contribution in [0.2, 0.25) is 0 Å². The predicted molar refractivity (Wildman–Crippen MR) is 95.5 cm³/mol. The fourth-order valence-corrected chi connectivity index (χ4v) is 2.92. The summed E-state index contributed by atoms with van der Waals surface area (Å²) < 4.78 is 12.5. The van der Waals surface area contributed by atoms with Crippen molar-refractivity contribution in [1.29, 1.82) is 0 Å². The van der Waals surface area contributed by atoms with Crippen LogP contribution in [-0.2, 0) is 6.42 Å². The van der Waals surface area contributed by atoms with Crippen molar-refractivity contribution in [2.45, 2.75) is 6.42 Å². The highest BCUT2D eigenvalue weighted by molar-refractivity contribution is 9.10. The van der Waals surface area contributed by atoms with Crippen molar-refractivity contribution in [3.05, 3.63) is 69.8 Å². The van der Waals surface area contributed by atoms with E-state index in [1.165, 1.54) is 0 Å². The van der Waals surface area contributed by atoms with Crippen LogP contribution in [0.3, 0.4) is 0 Å². The highest BCUT2D eigenvalue weighted by atomic mass is 79.9. The number of nitrogens with two attached hydrogens (primary N) is 1. The first kappa shape index (κ1) is 15.0. The van der Waals surface area contributed by atoms with Crippen molar-refractivity contribution in [1.82, 2.24) is 10.2 Å². The Balaban J connectivity index is 1.57. The number of ether oxygens (including phenoxy) is 1. The molecule has 2 N–H and O–H groups in total. The van der Waals surface area contributed by atoms with E-state index in [1.54, 1.807) is 0 Å². The zero-order valence-corrected chi connectivity index (χ0v) is 14.3. The Morgan fingerprint density at radius 1 is 1.08 bits per heavy atom. The fraction of sp³-hybridized carbons (Fsp3) is 0.111. The second-order valence-electron chi connectivity index (χ2n) is 5.56. The number of nitrogen functional groups attached to an aromatic ring is 1. The van der Waals surface area contributed by atoms with E-state index < -0.39 is 0 Å². The first-order valence-corrected chi connectivity index (χ1v) is 8.27. The van der Waals surface area contributed by atoms with Gasteiger partial charge in [-0.15, -0.1) is 10.2 Å². The van der Waals surface area contributed by atoms with Crippen LogP contribution in [0.5, 0.6) is 5.75 Å². The summed E-state index contributed by atoms with van der Waals surface area (Å²) in [5, 5.41) is 8.28. The molecule has 0 bridgehead atoms. The van der Waals surface area contributed by atoms with Gasteiger partial charge in [-0.05, 0) is 42.0 Å². The van der Waals surface area contributed by atoms with E-state index in [4.69, 9.17) is 14.9 Å². The fourth-order valence-electron chi connectivity index (χ4n) is 2.54. The Bertz CT molecular complexity index is 916. The van der Waals surface area contributed by atoms with Gasteiger partial charge in [-0.1, -0.05) is 28.1 Å². The third-order valence-electron chi connectivity index (χ3n) is 3.76. The molecule has 1 aliphatic rings. The quantitative estimate of drug-likeness (QED) is 0.693. The Morgan fingerprint density at radius 2 is 1.92 bits per heavy atom. The molecule has 4 rings (SSSR count). The van der Waals surface area contributed by atoms with E-state index in [0.717, 1.165) is 32.6 Å². The lowest BCUT2D eigenvalue weighted by atomic mass is 10.1. The molecular formula is C18H14BrN3O2. The van der Waals surface area contributed by atoms with Crippen LogP contribution in [0.25, 0.3) is 11.6 Å². The Labute approximate surface area is 147 Å². The number of aromatic nitrogens is 2. The molecule has 0 saturated heterocycles. The average molecular weight is 384 g/mol. The van der Waals surface area contributed by atoms with Gasteiger partial charge in [0, 0.05) is 15.7 Å². The zero-order chi connectivity index (χ0) is 16.5. The molecule has 0 aliphatic carbocycles. The third kappa shape index (κ3) is 3.05. The van der Waals surface area contributed by atoms with Crippen molar-refractivity contribution < 1.29 is 9.15 Å². The van der Waals surface area contributed by atoms with Crippen molar-refractivity contribution in [2.24, 2.45) is 0 Å². The summed E-state index contributed by atoms with van der Waals surface area (Å²) in [6.07, 6.45) is 2.59. The van der Waals surface area contributed by atoms with Gasteiger partial charge >= 0.3 is 0 Å². The van der Waals surface area contributed by atoms with Crippen molar-refractivity contribution in [3.63, 3.8) is 0 Å².